The van der Waals surface area contributed by atoms with Gasteiger partial charge in [0.15, 0.2) is 0 Å². The summed E-state index contributed by atoms with van der Waals surface area (Å²) < 4.78 is 2.03. The number of hydrogen-bond acceptors (Lipinski definition) is 7. The molecule has 34 heavy (non-hydrogen) atoms. The van der Waals surface area contributed by atoms with Crippen LogP contribution in [0.2, 0.25) is 0 Å². The molecule has 3 N–H and O–H groups in total. The lowest BCUT2D eigenvalue weighted by Gasteiger charge is -2.32. The Morgan fingerprint density at radius 3 is 2.59 bits per heavy atom. The summed E-state index contributed by atoms with van der Waals surface area (Å²) in [5.74, 6) is 0.203. The Kier molecular flexibility index (Phi) is 6.89. The number of anilines is 2. The van der Waals surface area contributed by atoms with E-state index >= 15 is 0 Å². The zero-order valence-electron chi connectivity index (χ0n) is 19.9. The summed E-state index contributed by atoms with van der Waals surface area (Å²) in [7, 11) is 0. The Bertz CT molecular complexity index is 1190. The van der Waals surface area contributed by atoms with Crippen LogP contribution in [-0.2, 0) is 0 Å². The molecule has 1 aromatic carbocycles. The lowest BCUT2D eigenvalue weighted by atomic mass is 9.95. The average molecular weight is 459 g/mol. The van der Waals surface area contributed by atoms with E-state index in [0.29, 0.717) is 29.6 Å². The summed E-state index contributed by atoms with van der Waals surface area (Å²) >= 11 is 0. The number of nitriles is 1. The van der Waals surface area contributed by atoms with Gasteiger partial charge in [-0.15, -0.1) is 0 Å². The fraction of sp³-hybridized carbons (Fsp3) is 0.400. The van der Waals surface area contributed by atoms with Crippen molar-refractivity contribution in [2.75, 3.05) is 5.32 Å². The quantitative estimate of drug-likeness (QED) is 0.515. The highest BCUT2D eigenvalue weighted by molar-refractivity contribution is 5.95. The normalized spacial score (nSPS) is 20.9. The van der Waals surface area contributed by atoms with Crippen LogP contribution in [0.1, 0.15) is 55.6 Å². The molecule has 1 fully saturated rings. The monoisotopic (exact) mass is 458 g/mol. The van der Waals surface area contributed by atoms with Crippen LogP contribution in [0.3, 0.4) is 0 Å². The number of carbonyl (C=O) groups is 1. The van der Waals surface area contributed by atoms with E-state index in [9.17, 15) is 4.79 Å². The minimum absolute atomic E-state index is 0.281. The maximum Gasteiger partial charge on any atom is 0.252 e. The van der Waals surface area contributed by atoms with E-state index in [-0.39, 0.29) is 5.91 Å². The smallest absolute Gasteiger partial charge is 0.252 e. The van der Waals surface area contributed by atoms with Gasteiger partial charge in [-0.05, 0) is 58.2 Å². The summed E-state index contributed by atoms with van der Waals surface area (Å²) in [5.41, 5.74) is 3.91. The van der Waals surface area contributed by atoms with Crippen molar-refractivity contribution in [3.63, 3.8) is 0 Å². The van der Waals surface area contributed by atoms with Crippen molar-refractivity contribution in [1.29, 1.82) is 5.26 Å². The molecule has 4 rings (SSSR count). The largest absolute Gasteiger partial charge is 0.337 e. The molecule has 1 amide bonds. The molecule has 0 saturated carbocycles. The van der Waals surface area contributed by atoms with Gasteiger partial charge >= 0.3 is 0 Å². The van der Waals surface area contributed by atoms with Gasteiger partial charge in [0.25, 0.3) is 5.91 Å². The van der Waals surface area contributed by atoms with Crippen LogP contribution in [0.15, 0.2) is 42.9 Å². The maximum atomic E-state index is 12.2. The fourth-order valence-corrected chi connectivity index (χ4v) is 4.37. The van der Waals surface area contributed by atoms with Gasteiger partial charge in [-0.3, -0.25) is 9.48 Å². The van der Waals surface area contributed by atoms with E-state index < -0.39 is 6.04 Å². The highest BCUT2D eigenvalue weighted by Crippen LogP contribution is 2.27. The van der Waals surface area contributed by atoms with Crippen LogP contribution in [0.4, 0.5) is 11.6 Å². The van der Waals surface area contributed by atoms with E-state index in [0.717, 1.165) is 35.3 Å². The third-order valence-corrected chi connectivity index (χ3v) is 5.99. The van der Waals surface area contributed by atoms with Crippen LogP contribution in [0.25, 0.3) is 11.3 Å². The lowest BCUT2D eigenvalue weighted by molar-refractivity contribution is 0.0948. The molecule has 0 radical (unpaired) electrons. The Morgan fingerprint density at radius 1 is 1.21 bits per heavy atom. The predicted octanol–water partition coefficient (Wildman–Crippen LogP) is 3.74. The molecule has 9 heteroatoms. The molecule has 1 aliphatic heterocycles. The maximum absolute atomic E-state index is 12.2. The van der Waals surface area contributed by atoms with E-state index in [4.69, 9.17) is 10.2 Å². The van der Waals surface area contributed by atoms with Crippen LogP contribution in [-0.4, -0.2) is 43.8 Å². The zero-order valence-corrected chi connectivity index (χ0v) is 19.9. The number of benzene rings is 1. The number of nitrogens with zero attached hydrogens (tertiary/aromatic N) is 5. The standard InChI is InChI=1S/C25H30N8O/c1-15-12-27-25(31-21-13-28-33(14-21)22-9-16(2)29-17(3)10-22)32-23(15)19-5-7-20(8-6-19)24(34)30-18(4)11-26/h5-8,12-14,16-18,22,29H,9-10H2,1-4H3,(H,30,34)(H,27,31,32)/t16-,17-,18+/m1/s1. The molecule has 3 heterocycles. The first kappa shape index (κ1) is 23.4. The number of hydrogen-bond donors (Lipinski definition) is 3. The molecule has 0 aliphatic carbocycles. The third-order valence-electron chi connectivity index (χ3n) is 5.99. The molecular weight excluding hydrogens is 428 g/mol. The van der Waals surface area contributed by atoms with Crippen LogP contribution < -0.4 is 16.0 Å². The topological polar surface area (TPSA) is 121 Å². The second-order valence-electron chi connectivity index (χ2n) is 9.05. The Labute approximate surface area is 199 Å². The number of rotatable bonds is 6. The third kappa shape index (κ3) is 5.41. The number of amides is 1. The molecule has 3 atom stereocenters. The van der Waals surface area contributed by atoms with Crippen molar-refractivity contribution in [3.8, 4) is 17.3 Å². The van der Waals surface area contributed by atoms with Gasteiger partial charge in [-0.1, -0.05) is 12.1 Å². The van der Waals surface area contributed by atoms with Crippen molar-refractivity contribution < 1.29 is 4.79 Å². The van der Waals surface area contributed by atoms with Crippen molar-refractivity contribution in [2.45, 2.75) is 64.7 Å². The second kappa shape index (κ2) is 10.0. The number of carbonyl (C=O) groups excluding carboxylic acids is 1. The van der Waals surface area contributed by atoms with Crippen molar-refractivity contribution in [2.24, 2.45) is 0 Å². The van der Waals surface area contributed by atoms with Crippen molar-refractivity contribution >= 4 is 17.5 Å². The molecular formula is C25H30N8O. The first-order chi connectivity index (χ1) is 16.3. The molecule has 2 aromatic heterocycles. The summed E-state index contributed by atoms with van der Waals surface area (Å²) in [5, 5.41) is 22.9. The number of piperidine rings is 1. The summed E-state index contributed by atoms with van der Waals surface area (Å²) in [4.78, 5) is 21.4. The summed E-state index contributed by atoms with van der Waals surface area (Å²) in [6.45, 7) is 8.01. The fourth-order valence-electron chi connectivity index (χ4n) is 4.37. The highest BCUT2D eigenvalue weighted by Gasteiger charge is 2.25. The van der Waals surface area contributed by atoms with E-state index in [2.05, 4.69) is 39.9 Å². The van der Waals surface area contributed by atoms with Gasteiger partial charge in [0, 0.05) is 35.6 Å². The van der Waals surface area contributed by atoms with Gasteiger partial charge in [0.2, 0.25) is 5.95 Å². The minimum Gasteiger partial charge on any atom is -0.337 e. The summed E-state index contributed by atoms with van der Waals surface area (Å²) in [6.07, 6.45) is 7.67. The number of nitrogens with one attached hydrogen (secondary N) is 3. The lowest BCUT2D eigenvalue weighted by Crippen LogP contribution is -2.43. The number of aromatic nitrogens is 4. The molecule has 9 nitrogen and oxygen atoms in total. The van der Waals surface area contributed by atoms with Crippen molar-refractivity contribution in [1.82, 2.24) is 30.4 Å². The van der Waals surface area contributed by atoms with Crippen LogP contribution in [0, 0.1) is 18.3 Å². The molecule has 3 aromatic rings. The van der Waals surface area contributed by atoms with Crippen molar-refractivity contribution in [3.05, 3.63) is 54.0 Å². The average Bonchev–Trinajstić information content (AvgIpc) is 3.28. The van der Waals surface area contributed by atoms with Gasteiger partial charge < -0.3 is 16.0 Å². The first-order valence-corrected chi connectivity index (χ1v) is 11.5. The van der Waals surface area contributed by atoms with Crippen LogP contribution >= 0.6 is 0 Å². The first-order valence-electron chi connectivity index (χ1n) is 11.5. The Balaban J connectivity index is 1.48. The SMILES string of the molecule is Cc1cnc(Nc2cnn(C3C[C@@H](C)N[C@H](C)C3)c2)nc1-c1ccc(C(=O)N[C@@H](C)C#N)cc1. The highest BCUT2D eigenvalue weighted by atomic mass is 16.1. The van der Waals surface area contributed by atoms with Gasteiger partial charge in [0.05, 0.1) is 29.7 Å². The number of aryl methyl sites for hydroxylation is 1. The molecule has 1 saturated heterocycles. The van der Waals surface area contributed by atoms with E-state index in [1.54, 1.807) is 31.5 Å². The molecule has 0 spiro atoms. The van der Waals surface area contributed by atoms with Gasteiger partial charge in [0.1, 0.15) is 6.04 Å². The Morgan fingerprint density at radius 2 is 1.91 bits per heavy atom. The molecule has 0 bridgehead atoms. The second-order valence-corrected chi connectivity index (χ2v) is 9.05. The minimum atomic E-state index is -0.546. The molecule has 1 aliphatic rings. The van der Waals surface area contributed by atoms with E-state index in [1.165, 1.54) is 0 Å². The molecule has 176 valence electrons. The van der Waals surface area contributed by atoms with Crippen LogP contribution in [0.5, 0.6) is 0 Å². The van der Waals surface area contributed by atoms with Gasteiger partial charge in [-0.25, -0.2) is 9.97 Å². The zero-order chi connectivity index (χ0) is 24.2. The Hall–Kier alpha value is -3.77. The van der Waals surface area contributed by atoms with E-state index in [1.807, 2.05) is 36.0 Å². The predicted molar refractivity (Wildman–Crippen MR) is 131 cm³/mol. The summed E-state index contributed by atoms with van der Waals surface area (Å²) in [6, 6.07) is 9.90. The van der Waals surface area contributed by atoms with Gasteiger partial charge in [-0.2, -0.15) is 10.4 Å². The molecule has 0 unspecified atom stereocenters.